The van der Waals surface area contributed by atoms with E-state index >= 15 is 0 Å². The summed E-state index contributed by atoms with van der Waals surface area (Å²) in [5.41, 5.74) is -0.932. The summed E-state index contributed by atoms with van der Waals surface area (Å²) in [7, 11) is -19.6. The van der Waals surface area contributed by atoms with Crippen LogP contribution in [0, 0.1) is 42.9 Å². The molecule has 0 aromatic heterocycles. The molecule has 4 aromatic carbocycles. The van der Waals surface area contributed by atoms with Gasteiger partial charge in [0.2, 0.25) is 20.0 Å². The number of hydrogen-bond donors (Lipinski definition) is 2. The van der Waals surface area contributed by atoms with E-state index in [4.69, 9.17) is 19.8 Å². The summed E-state index contributed by atoms with van der Waals surface area (Å²) in [6, 6.07) is 21.1. The van der Waals surface area contributed by atoms with Crippen molar-refractivity contribution in [3.05, 3.63) is 174 Å². The van der Waals surface area contributed by atoms with Gasteiger partial charge in [0, 0.05) is 24.3 Å². The Hall–Kier alpha value is -7.72. The second-order valence-electron chi connectivity index (χ2n) is 11.7. The highest BCUT2D eigenvalue weighted by Crippen LogP contribution is 2.24. The van der Waals surface area contributed by atoms with Crippen molar-refractivity contribution in [2.75, 3.05) is 0 Å². The van der Waals surface area contributed by atoms with Crippen LogP contribution in [0.15, 0.2) is 161 Å². The Bertz CT molecular complexity index is 2950. The van der Waals surface area contributed by atoms with Crippen LogP contribution < -0.4 is 19.8 Å². The number of allylic oxidation sites excluding steroid dienone is 6. The Balaban J connectivity index is 1.91. The number of benzene rings is 4. The van der Waals surface area contributed by atoms with Crippen LogP contribution in [0.2, 0.25) is 0 Å². The topological polar surface area (TPSA) is 366 Å². The number of sulfonamides is 4. The highest BCUT2D eigenvalue weighted by Gasteiger charge is 2.23. The zero-order chi connectivity index (χ0) is 45.9. The molecule has 26 heteroatoms. The molecule has 318 valence electrons. The summed E-state index contributed by atoms with van der Waals surface area (Å²) in [5, 5.41) is 51.7. The number of nitrogens with zero attached hydrogens (tertiary/aromatic N) is 6. The van der Waals surface area contributed by atoms with E-state index in [0.717, 1.165) is 60.7 Å². The first kappa shape index (κ1) is 47.0. The molecule has 4 rings (SSSR count). The van der Waals surface area contributed by atoms with Gasteiger partial charge in [-0.25, -0.2) is 27.1 Å². The van der Waals surface area contributed by atoms with Crippen molar-refractivity contribution in [1.29, 1.82) is 10.5 Å². The van der Waals surface area contributed by atoms with E-state index in [1.54, 1.807) is 0 Å². The van der Waals surface area contributed by atoms with Crippen molar-refractivity contribution in [3.8, 4) is 23.6 Å². The van der Waals surface area contributed by atoms with Crippen LogP contribution in [0.5, 0.6) is 11.5 Å². The molecule has 0 saturated carbocycles. The number of primary sulfonamides is 2. The van der Waals surface area contributed by atoms with Gasteiger partial charge >= 0.3 is 0 Å². The van der Waals surface area contributed by atoms with Gasteiger partial charge in [-0.1, -0.05) is 24.3 Å². The van der Waals surface area contributed by atoms with Crippen molar-refractivity contribution < 1.29 is 53.0 Å². The molecule has 0 heterocycles. The average molecular weight is 923 g/mol. The van der Waals surface area contributed by atoms with E-state index in [0.29, 0.717) is 12.1 Å². The van der Waals surface area contributed by atoms with E-state index in [1.807, 2.05) is 12.1 Å². The molecule has 0 radical (unpaired) electrons. The second kappa shape index (κ2) is 19.6. The lowest BCUT2D eigenvalue weighted by Gasteiger charge is -2.11. The number of rotatable bonds is 17. The average Bonchev–Trinajstić information content (AvgIpc) is 3.21. The third-order valence-electron chi connectivity index (χ3n) is 7.40. The molecule has 22 nitrogen and oxygen atoms in total. The number of hydrogen-bond acceptors (Lipinski definition) is 16. The molecule has 0 fully saturated rings. The fourth-order valence-corrected chi connectivity index (χ4v) is 7.58. The molecule has 0 aliphatic heterocycles. The Morgan fingerprint density at radius 1 is 0.581 bits per heavy atom. The molecule has 0 atom stereocenters. The van der Waals surface area contributed by atoms with Crippen molar-refractivity contribution in [1.82, 2.24) is 0 Å². The van der Waals surface area contributed by atoms with E-state index < -0.39 is 92.4 Å². The molecule has 0 saturated heterocycles. The Morgan fingerprint density at radius 2 is 0.919 bits per heavy atom. The molecule has 0 amide bonds. The molecule has 0 unspecified atom stereocenters. The normalized spacial score (nSPS) is 13.4. The van der Waals surface area contributed by atoms with Gasteiger partial charge in [-0.05, 0) is 72.8 Å². The smallest absolute Gasteiger partial charge is 0.282 e. The minimum absolute atomic E-state index is 0.133. The van der Waals surface area contributed by atoms with Gasteiger partial charge in [0.1, 0.15) is 32.8 Å². The van der Waals surface area contributed by atoms with Crippen LogP contribution in [0.1, 0.15) is 11.1 Å². The van der Waals surface area contributed by atoms with E-state index in [9.17, 15) is 64.4 Å². The number of nitro groups is 2. The predicted molar refractivity (Wildman–Crippen MR) is 220 cm³/mol. The van der Waals surface area contributed by atoms with Crippen LogP contribution in [-0.2, 0) is 40.1 Å². The largest absolute Gasteiger partial charge is 0.456 e. The number of nitro benzene ring substituents is 2. The quantitative estimate of drug-likeness (QED) is 0.0501. The van der Waals surface area contributed by atoms with Crippen molar-refractivity contribution in [2.24, 2.45) is 19.1 Å². The van der Waals surface area contributed by atoms with Gasteiger partial charge in [-0.15, -0.1) is 0 Å². The highest BCUT2D eigenvalue weighted by molar-refractivity contribution is 7.94. The summed E-state index contributed by atoms with van der Waals surface area (Å²) >= 11 is 0. The number of ether oxygens (including phenoxy) is 2. The van der Waals surface area contributed by atoms with E-state index in [1.165, 1.54) is 48.5 Å². The standard InChI is InChI=1S/C36H26N8O14S4/c37-21-25-11-15-29(16-12-25)57-33(35(59(39,49)50)23-41-61(53,54)31-7-3-5-27(19-31)43(45)46)9-1-2-10-34(58-30-17-13-26(22-38)14-18-30)36(60(40,51)52)24-42-62(55,56)32-8-4-6-28(20-32)44(47)48/h1-20,23-24H,(H2,39,49,50)(H2,40,51,52)/b9-1+,10-2+,35-33+,36-34+,41-23+,42-24+. The maximum Gasteiger partial charge on any atom is 0.282 e. The fourth-order valence-electron chi connectivity index (χ4n) is 4.49. The molecule has 4 N–H and O–H groups in total. The zero-order valence-electron chi connectivity index (χ0n) is 30.9. The van der Waals surface area contributed by atoms with Gasteiger partial charge in [0.05, 0.1) is 55.3 Å². The predicted octanol–water partition coefficient (Wildman–Crippen LogP) is 3.74. The minimum atomic E-state index is -4.97. The monoisotopic (exact) mass is 922 g/mol. The molecular formula is C36H26N8O14S4. The molecule has 0 bridgehead atoms. The van der Waals surface area contributed by atoms with E-state index in [-0.39, 0.29) is 35.1 Å². The van der Waals surface area contributed by atoms with Crippen LogP contribution in [0.4, 0.5) is 11.4 Å². The maximum absolute atomic E-state index is 13.0. The van der Waals surface area contributed by atoms with Crippen molar-refractivity contribution >= 4 is 63.9 Å². The SMILES string of the molecule is N#Cc1ccc(OC(/C=C/C=C/C(Oc2ccc(C#N)cc2)=C(/C=N/S(=O)(=O)c2cccc([N+](=O)[O-])c2)S(N)(=O)=O)=C(\C=N\S(=O)(=O)c2cccc([N+](=O)[O-])c2)S(N)(=O)=O)cc1. The minimum Gasteiger partial charge on any atom is -0.456 e. The molecule has 4 aromatic rings. The lowest BCUT2D eigenvalue weighted by molar-refractivity contribution is -0.385. The van der Waals surface area contributed by atoms with Crippen LogP contribution in [0.25, 0.3) is 0 Å². The van der Waals surface area contributed by atoms with Crippen molar-refractivity contribution in [2.45, 2.75) is 9.79 Å². The molecular weight excluding hydrogens is 897 g/mol. The highest BCUT2D eigenvalue weighted by atomic mass is 32.2. The van der Waals surface area contributed by atoms with Gasteiger partial charge < -0.3 is 9.47 Å². The lowest BCUT2D eigenvalue weighted by Crippen LogP contribution is -2.19. The van der Waals surface area contributed by atoms with Gasteiger partial charge in [0.15, 0.2) is 0 Å². The summed E-state index contributed by atoms with van der Waals surface area (Å²) in [4.78, 5) is 17.1. The summed E-state index contributed by atoms with van der Waals surface area (Å²) < 4.78 is 122. The zero-order valence-corrected chi connectivity index (χ0v) is 34.2. The number of nitriles is 2. The van der Waals surface area contributed by atoms with Gasteiger partial charge in [0.25, 0.3) is 31.4 Å². The molecule has 0 aliphatic carbocycles. The maximum atomic E-state index is 13.0. The van der Waals surface area contributed by atoms with Gasteiger partial charge in [-0.2, -0.15) is 36.2 Å². The van der Waals surface area contributed by atoms with Crippen LogP contribution in [0.3, 0.4) is 0 Å². The van der Waals surface area contributed by atoms with E-state index in [2.05, 4.69) is 8.80 Å². The molecule has 62 heavy (non-hydrogen) atoms. The van der Waals surface area contributed by atoms with Crippen molar-refractivity contribution in [3.63, 3.8) is 0 Å². The van der Waals surface area contributed by atoms with Crippen LogP contribution >= 0.6 is 0 Å². The molecule has 0 spiro atoms. The first-order chi connectivity index (χ1) is 29.0. The Labute approximate surface area is 352 Å². The van der Waals surface area contributed by atoms with Gasteiger partial charge in [-0.3, -0.25) is 20.2 Å². The third kappa shape index (κ3) is 12.9. The third-order valence-corrected chi connectivity index (χ3v) is 11.7. The second-order valence-corrected chi connectivity index (χ2v) is 18.0. The Morgan fingerprint density at radius 3 is 1.21 bits per heavy atom. The first-order valence-electron chi connectivity index (χ1n) is 16.4. The van der Waals surface area contributed by atoms with Crippen LogP contribution in [-0.4, -0.2) is 55.9 Å². The number of nitrogens with two attached hydrogens (primary N) is 2. The molecule has 0 aliphatic rings. The summed E-state index contributed by atoms with van der Waals surface area (Å²) in [6.07, 6.45) is 4.27. The Kier molecular flexibility index (Phi) is 14.8. The lowest BCUT2D eigenvalue weighted by atomic mass is 10.2. The summed E-state index contributed by atoms with van der Waals surface area (Å²) in [5.74, 6) is -1.75. The summed E-state index contributed by atoms with van der Waals surface area (Å²) in [6.45, 7) is 0. The number of non-ortho nitro benzene ring substituents is 2. The fraction of sp³-hybridized carbons (Fsp3) is 0. The first-order valence-corrected chi connectivity index (χ1v) is 22.4.